The molecule has 1 aromatic carbocycles. The van der Waals surface area contributed by atoms with Crippen molar-refractivity contribution < 1.29 is 18.0 Å². The van der Waals surface area contributed by atoms with Crippen LogP contribution >= 0.6 is 23.2 Å². The second-order valence-electron chi connectivity index (χ2n) is 3.42. The first-order valence-corrected chi connectivity index (χ1v) is 5.28. The molecule has 7 heteroatoms. The van der Waals surface area contributed by atoms with Gasteiger partial charge in [-0.3, -0.25) is 10.3 Å². The predicted octanol–water partition coefficient (Wildman–Crippen LogP) is 3.80. The van der Waals surface area contributed by atoms with Gasteiger partial charge in [-0.2, -0.15) is 13.2 Å². The van der Waals surface area contributed by atoms with Gasteiger partial charge in [0.05, 0.1) is 0 Å². The summed E-state index contributed by atoms with van der Waals surface area (Å²) in [6.07, 6.45) is -5.37. The van der Waals surface area contributed by atoms with E-state index in [0.29, 0.717) is 0 Å². The van der Waals surface area contributed by atoms with E-state index in [9.17, 15) is 13.2 Å². The van der Waals surface area contributed by atoms with E-state index in [1.54, 1.807) is 0 Å². The molecule has 0 saturated carbocycles. The van der Waals surface area contributed by atoms with E-state index in [1.165, 1.54) is 18.2 Å². The predicted molar refractivity (Wildman–Crippen MR) is 58.5 cm³/mol. The Labute approximate surface area is 105 Å². The van der Waals surface area contributed by atoms with E-state index in [0.717, 1.165) is 6.20 Å². The molecule has 0 aromatic heterocycles. The summed E-state index contributed by atoms with van der Waals surface area (Å²) < 4.78 is 37.9. The van der Waals surface area contributed by atoms with E-state index in [4.69, 9.17) is 23.2 Å². The number of nitrogens with one attached hydrogen (secondary N) is 1. The van der Waals surface area contributed by atoms with Crippen molar-refractivity contribution in [2.45, 2.75) is 12.3 Å². The lowest BCUT2D eigenvalue weighted by atomic mass is 10.0. The second kappa shape index (κ2) is 4.40. The van der Waals surface area contributed by atoms with Gasteiger partial charge in [-0.15, -0.1) is 0 Å². The van der Waals surface area contributed by atoms with Crippen molar-refractivity contribution in [2.24, 2.45) is 0 Å². The van der Waals surface area contributed by atoms with Crippen LogP contribution < -0.4 is 5.48 Å². The van der Waals surface area contributed by atoms with E-state index in [2.05, 4.69) is 10.3 Å². The first-order valence-electron chi connectivity index (χ1n) is 4.52. The van der Waals surface area contributed by atoms with Crippen LogP contribution in [0.25, 0.3) is 5.57 Å². The van der Waals surface area contributed by atoms with Crippen molar-refractivity contribution in [1.29, 1.82) is 0 Å². The van der Waals surface area contributed by atoms with Crippen LogP contribution in [0, 0.1) is 0 Å². The van der Waals surface area contributed by atoms with Crippen molar-refractivity contribution in [3.8, 4) is 0 Å². The molecule has 1 heterocycles. The van der Waals surface area contributed by atoms with Gasteiger partial charge >= 0.3 is 6.18 Å². The van der Waals surface area contributed by atoms with Gasteiger partial charge in [-0.05, 0) is 23.8 Å². The highest BCUT2D eigenvalue weighted by molar-refractivity contribution is 6.34. The van der Waals surface area contributed by atoms with Crippen LogP contribution in [0.3, 0.4) is 0 Å². The number of rotatable bonds is 1. The fourth-order valence-electron chi connectivity index (χ4n) is 1.50. The smallest absolute Gasteiger partial charge is 0.273 e. The molecule has 0 saturated heterocycles. The van der Waals surface area contributed by atoms with E-state index in [-0.39, 0.29) is 21.2 Å². The zero-order valence-corrected chi connectivity index (χ0v) is 9.70. The van der Waals surface area contributed by atoms with E-state index in [1.807, 2.05) is 0 Å². The third kappa shape index (κ3) is 2.68. The third-order valence-corrected chi connectivity index (χ3v) is 2.61. The van der Waals surface area contributed by atoms with Crippen molar-refractivity contribution in [2.75, 3.05) is 0 Å². The number of hydroxylamine groups is 1. The highest BCUT2D eigenvalue weighted by Crippen LogP contribution is 2.36. The number of halogens is 5. The summed E-state index contributed by atoms with van der Waals surface area (Å²) in [6.45, 7) is 0. The fourth-order valence-corrected chi connectivity index (χ4v) is 2.03. The van der Waals surface area contributed by atoms with Crippen LogP contribution in [0.4, 0.5) is 13.2 Å². The number of benzene rings is 1. The first-order chi connectivity index (χ1) is 7.88. The van der Waals surface area contributed by atoms with Crippen LogP contribution in [-0.2, 0) is 4.84 Å². The average molecular weight is 284 g/mol. The molecule has 0 spiro atoms. The molecule has 0 radical (unpaired) electrons. The largest absolute Gasteiger partial charge is 0.421 e. The molecule has 2 rings (SSSR count). The molecule has 1 unspecified atom stereocenters. The highest BCUT2D eigenvalue weighted by atomic mass is 35.5. The minimum atomic E-state index is -4.50. The summed E-state index contributed by atoms with van der Waals surface area (Å²) in [6, 6.07) is 4.24. The Morgan fingerprint density at radius 2 is 1.71 bits per heavy atom. The van der Waals surface area contributed by atoms with Crippen LogP contribution in [0.1, 0.15) is 5.56 Å². The Kier molecular flexibility index (Phi) is 3.25. The summed E-state index contributed by atoms with van der Waals surface area (Å²) >= 11 is 11.5. The molecule has 1 aliphatic rings. The van der Waals surface area contributed by atoms with Crippen molar-refractivity contribution >= 4 is 28.8 Å². The molecular formula is C10H6Cl2F3NO. The number of hydrogen-bond acceptors (Lipinski definition) is 2. The summed E-state index contributed by atoms with van der Waals surface area (Å²) in [5.74, 6) is 0. The van der Waals surface area contributed by atoms with Gasteiger partial charge in [0.2, 0.25) is 6.10 Å². The van der Waals surface area contributed by atoms with Gasteiger partial charge in [0.25, 0.3) is 0 Å². The van der Waals surface area contributed by atoms with Crippen molar-refractivity contribution in [3.63, 3.8) is 0 Å². The zero-order chi connectivity index (χ0) is 12.6. The normalized spacial score (nSPS) is 20.1. The van der Waals surface area contributed by atoms with Gasteiger partial charge < -0.3 is 0 Å². The topological polar surface area (TPSA) is 21.3 Å². The minimum absolute atomic E-state index is 0.0538. The maximum absolute atomic E-state index is 12.6. The maximum atomic E-state index is 12.6. The summed E-state index contributed by atoms with van der Waals surface area (Å²) in [4.78, 5) is 4.41. The lowest BCUT2D eigenvalue weighted by molar-refractivity contribution is -0.206. The molecule has 1 aliphatic heterocycles. The lowest BCUT2D eigenvalue weighted by Gasteiger charge is -2.16. The Morgan fingerprint density at radius 1 is 1.12 bits per heavy atom. The lowest BCUT2D eigenvalue weighted by Crippen LogP contribution is -2.31. The van der Waals surface area contributed by atoms with Crippen LogP contribution in [0.5, 0.6) is 0 Å². The molecule has 1 atom stereocenters. The average Bonchev–Trinajstić information content (AvgIpc) is 2.63. The van der Waals surface area contributed by atoms with Gasteiger partial charge in [0, 0.05) is 21.8 Å². The Bertz CT molecular complexity index is 453. The molecule has 92 valence electrons. The Morgan fingerprint density at radius 3 is 2.24 bits per heavy atom. The molecule has 0 aliphatic carbocycles. The van der Waals surface area contributed by atoms with Crippen molar-refractivity contribution in [3.05, 3.63) is 40.0 Å². The molecule has 0 amide bonds. The van der Waals surface area contributed by atoms with Gasteiger partial charge in [0.15, 0.2) is 0 Å². The number of alkyl halides is 3. The molecule has 2 nitrogen and oxygen atoms in total. The van der Waals surface area contributed by atoms with Crippen LogP contribution in [0.15, 0.2) is 24.4 Å². The molecule has 0 fully saturated rings. The Balaban J connectivity index is 2.39. The third-order valence-electron chi connectivity index (χ3n) is 2.18. The summed E-state index contributed by atoms with van der Waals surface area (Å²) in [5.41, 5.74) is 2.32. The van der Waals surface area contributed by atoms with Crippen LogP contribution in [0.2, 0.25) is 10.0 Å². The summed E-state index contributed by atoms with van der Waals surface area (Å²) in [7, 11) is 0. The van der Waals surface area contributed by atoms with E-state index < -0.39 is 12.3 Å². The number of hydrogen-bond donors (Lipinski definition) is 1. The molecular weight excluding hydrogens is 278 g/mol. The molecule has 0 bridgehead atoms. The minimum Gasteiger partial charge on any atom is -0.273 e. The molecule has 1 aromatic rings. The fraction of sp³-hybridized carbons (Fsp3) is 0.200. The van der Waals surface area contributed by atoms with E-state index >= 15 is 0 Å². The van der Waals surface area contributed by atoms with Gasteiger partial charge in [-0.25, -0.2) is 0 Å². The molecule has 17 heavy (non-hydrogen) atoms. The summed E-state index contributed by atoms with van der Waals surface area (Å²) in [5, 5.41) is 0.530. The van der Waals surface area contributed by atoms with Crippen molar-refractivity contribution in [1.82, 2.24) is 5.48 Å². The highest BCUT2D eigenvalue weighted by Gasteiger charge is 2.46. The second-order valence-corrected chi connectivity index (χ2v) is 4.29. The maximum Gasteiger partial charge on any atom is 0.421 e. The molecule has 1 N–H and O–H groups in total. The van der Waals surface area contributed by atoms with Gasteiger partial charge in [0.1, 0.15) is 0 Å². The monoisotopic (exact) mass is 283 g/mol. The van der Waals surface area contributed by atoms with Gasteiger partial charge in [-0.1, -0.05) is 23.2 Å². The zero-order valence-electron chi connectivity index (χ0n) is 8.18. The Hall–Kier alpha value is -0.910. The van der Waals surface area contributed by atoms with Crippen LogP contribution in [-0.4, -0.2) is 12.3 Å². The SMILES string of the molecule is FC(F)(F)C1ONC=C1c1cc(Cl)cc(Cl)c1. The quantitative estimate of drug-likeness (QED) is 0.847. The standard InChI is InChI=1S/C10H6Cl2F3NO/c11-6-1-5(2-7(12)3-6)8-4-16-17-9(8)10(13,14)15/h1-4,9,16H. The first kappa shape index (κ1) is 12.5.